The average molecular weight is 524 g/mol. The van der Waals surface area contributed by atoms with Crippen molar-refractivity contribution in [2.75, 3.05) is 34.2 Å². The first-order valence-corrected chi connectivity index (χ1v) is 10.6. The molecule has 1 saturated carbocycles. The highest BCUT2D eigenvalue weighted by molar-refractivity contribution is 5.72. The largest absolute Gasteiger partial charge is 0.480 e. The van der Waals surface area contributed by atoms with E-state index in [1.807, 2.05) is 0 Å². The molecule has 0 aromatic carbocycles. The van der Waals surface area contributed by atoms with E-state index >= 15 is 0 Å². The molecule has 0 amide bonds. The molecule has 0 spiro atoms. The molecule has 0 radical (unpaired) electrons. The van der Waals surface area contributed by atoms with Crippen LogP contribution in [-0.2, 0) is 4.79 Å². The standard InChI is InChI=1S/C7H14O5.C6H16N.C4H9NO2.C3H9N.5CH4/c1-2-3(8)5(10)7(12)6(11)4(2)9;1-5-6-7(2,3)4;1-2-3(5)4(6)7;1-2-3-4;;;;;/h2-12H,1H3;5-6H2,1-4H3;3H,2,5H2,1H3,(H,6,7);2-4H2,1H3;5*1H4/q;+1;;;;;;;/p+1. The van der Waals surface area contributed by atoms with Gasteiger partial charge in [-0.2, -0.15) is 0 Å². The van der Waals surface area contributed by atoms with Gasteiger partial charge in [0.05, 0.1) is 46.4 Å². The molecule has 0 heterocycles. The zero-order valence-corrected chi connectivity index (χ0v) is 19.9. The van der Waals surface area contributed by atoms with Crippen molar-refractivity contribution in [3.63, 3.8) is 0 Å². The van der Waals surface area contributed by atoms with Gasteiger partial charge in [0.1, 0.15) is 24.4 Å². The van der Waals surface area contributed by atoms with Gasteiger partial charge in [-0.15, -0.1) is 0 Å². The minimum atomic E-state index is -1.48. The van der Waals surface area contributed by atoms with Crippen LogP contribution in [0.25, 0.3) is 0 Å². The smallest absolute Gasteiger partial charge is 0.320 e. The Morgan fingerprint density at radius 2 is 1.09 bits per heavy atom. The fourth-order valence-electron chi connectivity index (χ4n) is 2.28. The van der Waals surface area contributed by atoms with Crippen LogP contribution in [-0.4, -0.2) is 112 Å². The lowest BCUT2D eigenvalue weighted by Gasteiger charge is -2.40. The lowest BCUT2D eigenvalue weighted by Crippen LogP contribution is -2.60. The topological polar surface area (TPSA) is 192 Å². The number of hydrogen-bond donors (Lipinski definition) is 8. The minimum Gasteiger partial charge on any atom is -0.480 e. The molecule has 0 aromatic heterocycles. The molecular formula is C25H69N3O7+2. The van der Waals surface area contributed by atoms with E-state index in [9.17, 15) is 15.0 Å². The summed E-state index contributed by atoms with van der Waals surface area (Å²) in [7, 11) is 6.64. The molecule has 11 N–H and O–H groups in total. The van der Waals surface area contributed by atoms with Gasteiger partial charge < -0.3 is 46.6 Å². The van der Waals surface area contributed by atoms with E-state index in [2.05, 4.69) is 40.7 Å². The van der Waals surface area contributed by atoms with Gasteiger partial charge in [-0.25, -0.2) is 0 Å². The average Bonchev–Trinajstić information content (AvgIpc) is 2.68. The Hall–Kier alpha value is -0.850. The van der Waals surface area contributed by atoms with Gasteiger partial charge in [-0.3, -0.25) is 4.79 Å². The Balaban J connectivity index is -0.0000000471. The third kappa shape index (κ3) is 27.6. The van der Waals surface area contributed by atoms with E-state index in [0.29, 0.717) is 6.42 Å². The summed E-state index contributed by atoms with van der Waals surface area (Å²) in [5.74, 6) is -1.57. The van der Waals surface area contributed by atoms with Crippen LogP contribution < -0.4 is 11.5 Å². The van der Waals surface area contributed by atoms with Crippen LogP contribution in [0.2, 0.25) is 0 Å². The van der Waals surface area contributed by atoms with Crippen molar-refractivity contribution in [3.8, 4) is 0 Å². The summed E-state index contributed by atoms with van der Waals surface area (Å²) in [6.07, 6.45) is -3.67. The zero-order valence-electron chi connectivity index (χ0n) is 19.9. The molecular weight excluding hydrogens is 454 g/mol. The Morgan fingerprint density at radius 3 is 1.20 bits per heavy atom. The Bertz CT molecular complexity index is 364. The summed E-state index contributed by atoms with van der Waals surface area (Å²) in [4.78, 5) is 9.81. The van der Waals surface area contributed by atoms with Crippen molar-refractivity contribution in [1.82, 2.24) is 0 Å². The van der Waals surface area contributed by atoms with Gasteiger partial charge in [0, 0.05) is 5.92 Å². The highest BCUT2D eigenvalue weighted by atomic mass is 16.4. The number of carbonyl (C=O) groups is 1. The summed E-state index contributed by atoms with van der Waals surface area (Å²) >= 11 is 0. The molecule has 0 saturated heterocycles. The van der Waals surface area contributed by atoms with Crippen LogP contribution in [0.15, 0.2) is 0 Å². The number of aliphatic carboxylic acids is 1. The van der Waals surface area contributed by atoms with Crippen LogP contribution in [0.1, 0.15) is 84.1 Å². The molecule has 5 atom stereocenters. The number of nitrogens with zero attached hydrogens (tertiary/aromatic N) is 1. The third-order valence-corrected chi connectivity index (χ3v) is 4.48. The van der Waals surface area contributed by atoms with Crippen molar-refractivity contribution in [3.05, 3.63) is 0 Å². The lowest BCUT2D eigenvalue weighted by molar-refractivity contribution is -0.870. The molecule has 1 rings (SSSR count). The second kappa shape index (κ2) is 29.4. The summed E-state index contributed by atoms with van der Waals surface area (Å²) in [6, 6.07) is -0.681. The molecule has 0 bridgehead atoms. The van der Waals surface area contributed by atoms with E-state index < -0.39 is 48.4 Å². The zero-order chi connectivity index (χ0) is 24.7. The number of quaternary nitrogens is 2. The maximum atomic E-state index is 9.81. The normalized spacial score (nSPS) is 25.0. The van der Waals surface area contributed by atoms with Crippen LogP contribution in [0.3, 0.4) is 0 Å². The molecule has 10 nitrogen and oxygen atoms in total. The second-order valence-electron chi connectivity index (χ2n) is 8.53. The van der Waals surface area contributed by atoms with Crippen molar-refractivity contribution < 1.29 is 45.7 Å². The molecule has 0 aliphatic heterocycles. The molecule has 10 heteroatoms. The molecule has 224 valence electrons. The van der Waals surface area contributed by atoms with E-state index in [1.54, 1.807) is 6.92 Å². The predicted octanol–water partition coefficient (Wildman–Crippen LogP) is 1.17. The van der Waals surface area contributed by atoms with E-state index in [-0.39, 0.29) is 37.1 Å². The third-order valence-electron chi connectivity index (χ3n) is 4.48. The quantitative estimate of drug-likeness (QED) is 0.246. The SMILES string of the molecule is C.C.C.C.C.CC1C(O)C(O)C(O)C(O)C1O.CCC(N)C(=O)O.CCC[N+](C)(C)C.CCC[NH3+]. The van der Waals surface area contributed by atoms with E-state index in [1.165, 1.54) is 26.3 Å². The van der Waals surface area contributed by atoms with Gasteiger partial charge in [0.25, 0.3) is 0 Å². The first-order chi connectivity index (χ1) is 13.6. The fourth-order valence-corrected chi connectivity index (χ4v) is 2.28. The van der Waals surface area contributed by atoms with Gasteiger partial charge in [0.2, 0.25) is 0 Å². The summed E-state index contributed by atoms with van der Waals surface area (Å²) in [5.41, 5.74) is 8.62. The number of aliphatic hydroxyl groups is 5. The van der Waals surface area contributed by atoms with Crippen LogP contribution >= 0.6 is 0 Å². The molecule has 0 aromatic rings. The van der Waals surface area contributed by atoms with Crippen LogP contribution in [0.4, 0.5) is 0 Å². The van der Waals surface area contributed by atoms with Crippen LogP contribution in [0.5, 0.6) is 0 Å². The Labute approximate surface area is 218 Å². The molecule has 1 aliphatic carbocycles. The van der Waals surface area contributed by atoms with Gasteiger partial charge in [-0.1, -0.05) is 64.8 Å². The van der Waals surface area contributed by atoms with Gasteiger partial charge in [-0.05, 0) is 19.3 Å². The van der Waals surface area contributed by atoms with Gasteiger partial charge >= 0.3 is 5.97 Å². The van der Waals surface area contributed by atoms with Crippen molar-refractivity contribution in [2.45, 2.75) is 121 Å². The van der Waals surface area contributed by atoms with E-state index in [4.69, 9.17) is 26.2 Å². The minimum absolute atomic E-state index is 0. The molecule has 35 heavy (non-hydrogen) atoms. The number of hydrogen-bond acceptors (Lipinski definition) is 7. The van der Waals surface area contributed by atoms with Crippen molar-refractivity contribution >= 4 is 5.97 Å². The molecule has 1 fully saturated rings. The van der Waals surface area contributed by atoms with E-state index in [0.717, 1.165) is 11.0 Å². The summed E-state index contributed by atoms with van der Waals surface area (Å²) in [6.45, 7) is 9.91. The van der Waals surface area contributed by atoms with Crippen molar-refractivity contribution in [1.29, 1.82) is 0 Å². The van der Waals surface area contributed by atoms with Gasteiger partial charge in [0.15, 0.2) is 0 Å². The maximum Gasteiger partial charge on any atom is 0.320 e. The number of rotatable bonds is 5. The second-order valence-corrected chi connectivity index (χ2v) is 8.53. The highest BCUT2D eigenvalue weighted by Gasteiger charge is 2.45. The maximum absolute atomic E-state index is 9.81. The Morgan fingerprint density at radius 1 is 0.800 bits per heavy atom. The summed E-state index contributed by atoms with van der Waals surface area (Å²) < 4.78 is 1.09. The fraction of sp³-hybridized carbons (Fsp3) is 0.960. The van der Waals surface area contributed by atoms with Crippen LogP contribution in [0, 0.1) is 5.92 Å². The number of carboxylic acids is 1. The number of nitrogens with two attached hydrogens (primary N) is 1. The first kappa shape index (κ1) is 54.9. The number of carboxylic acid groups (broad SMARTS) is 1. The Kier molecular flexibility index (Phi) is 46.1. The molecule has 5 unspecified atom stereocenters. The van der Waals surface area contributed by atoms with Crippen molar-refractivity contribution in [2.24, 2.45) is 11.7 Å². The monoisotopic (exact) mass is 524 g/mol. The summed E-state index contributed by atoms with van der Waals surface area (Å²) in [5, 5.41) is 53.9. The predicted molar refractivity (Wildman–Crippen MR) is 150 cm³/mol. The highest BCUT2D eigenvalue weighted by Crippen LogP contribution is 2.25. The lowest BCUT2D eigenvalue weighted by atomic mass is 9.80. The first-order valence-electron chi connectivity index (χ1n) is 10.6. The molecule has 1 aliphatic rings. The number of aliphatic hydroxyl groups excluding tert-OH is 5.